The van der Waals surface area contributed by atoms with Crippen LogP contribution in [0.25, 0.3) is 0 Å². The van der Waals surface area contributed by atoms with Gasteiger partial charge in [0.2, 0.25) is 5.91 Å². The van der Waals surface area contributed by atoms with Crippen molar-refractivity contribution in [2.24, 2.45) is 0 Å². The molecule has 2 atom stereocenters. The van der Waals surface area contributed by atoms with Gasteiger partial charge in [-0.2, -0.15) is 0 Å². The number of benzene rings is 1. The first-order chi connectivity index (χ1) is 8.63. The fourth-order valence-electron chi connectivity index (χ4n) is 2.49. The molecule has 0 aromatic heterocycles. The lowest BCUT2D eigenvalue weighted by atomic mass is 9.94. The summed E-state index contributed by atoms with van der Waals surface area (Å²) in [7, 11) is 0. The third kappa shape index (κ3) is 4.00. The maximum Gasteiger partial charge on any atom is 0.217 e. The third-order valence-corrected chi connectivity index (χ3v) is 3.55. The molecule has 3 nitrogen and oxygen atoms in total. The lowest BCUT2D eigenvalue weighted by Crippen LogP contribution is -2.48. The summed E-state index contributed by atoms with van der Waals surface area (Å²) in [6.07, 6.45) is 2.98. The lowest BCUT2D eigenvalue weighted by Gasteiger charge is -2.30. The minimum atomic E-state index is 0.0622. The Morgan fingerprint density at radius 3 is 2.83 bits per heavy atom. The van der Waals surface area contributed by atoms with E-state index in [1.54, 1.807) is 6.92 Å². The molecule has 1 fully saturated rings. The smallest absolute Gasteiger partial charge is 0.217 e. The Labute approximate surface area is 113 Å². The van der Waals surface area contributed by atoms with Crippen LogP contribution in [0.2, 0.25) is 5.02 Å². The van der Waals surface area contributed by atoms with Gasteiger partial charge in [0.15, 0.2) is 0 Å². The Morgan fingerprint density at radius 2 is 2.17 bits per heavy atom. The van der Waals surface area contributed by atoms with Crippen molar-refractivity contribution in [3.63, 3.8) is 0 Å². The first-order valence-corrected chi connectivity index (χ1v) is 6.76. The fraction of sp³-hybridized carbons (Fsp3) is 0.500. The number of amides is 1. The predicted octanol–water partition coefficient (Wildman–Crippen LogP) is 2.14. The second kappa shape index (κ2) is 6.21. The standard InChI is InChI=1S/C14H19ClN2O/c1-10(18)17-13-6-7-16-14(9-13)8-11-2-4-12(15)5-3-11/h2-5,13-14,16H,6-9H2,1H3,(H,17,18)/t13-,14+/m1/s1. The predicted molar refractivity (Wildman–Crippen MR) is 73.8 cm³/mol. The zero-order valence-electron chi connectivity index (χ0n) is 10.6. The van der Waals surface area contributed by atoms with E-state index in [2.05, 4.69) is 22.8 Å². The fourth-order valence-corrected chi connectivity index (χ4v) is 2.61. The van der Waals surface area contributed by atoms with E-state index in [1.165, 1.54) is 5.56 Å². The van der Waals surface area contributed by atoms with Gasteiger partial charge in [0.25, 0.3) is 0 Å². The zero-order valence-corrected chi connectivity index (χ0v) is 11.3. The van der Waals surface area contributed by atoms with E-state index in [-0.39, 0.29) is 5.91 Å². The van der Waals surface area contributed by atoms with Crippen molar-refractivity contribution in [2.75, 3.05) is 6.54 Å². The molecule has 2 rings (SSSR count). The van der Waals surface area contributed by atoms with E-state index in [0.29, 0.717) is 12.1 Å². The highest BCUT2D eigenvalue weighted by Gasteiger charge is 2.21. The second-order valence-electron chi connectivity index (χ2n) is 4.90. The van der Waals surface area contributed by atoms with Crippen LogP contribution in [0, 0.1) is 0 Å². The van der Waals surface area contributed by atoms with Gasteiger partial charge in [-0.25, -0.2) is 0 Å². The molecular weight excluding hydrogens is 248 g/mol. The third-order valence-electron chi connectivity index (χ3n) is 3.30. The summed E-state index contributed by atoms with van der Waals surface area (Å²) in [5.41, 5.74) is 1.28. The molecule has 0 aliphatic carbocycles. The highest BCUT2D eigenvalue weighted by atomic mass is 35.5. The SMILES string of the molecule is CC(=O)N[C@@H]1CCN[C@@H](Cc2ccc(Cl)cc2)C1. The van der Waals surface area contributed by atoms with Crippen LogP contribution < -0.4 is 10.6 Å². The van der Waals surface area contributed by atoms with Crippen molar-refractivity contribution in [1.29, 1.82) is 0 Å². The quantitative estimate of drug-likeness (QED) is 0.880. The maximum atomic E-state index is 11.1. The molecule has 2 N–H and O–H groups in total. The molecular formula is C14H19ClN2O. The summed E-state index contributed by atoms with van der Waals surface area (Å²) in [5.74, 6) is 0.0622. The van der Waals surface area contributed by atoms with Gasteiger partial charge < -0.3 is 10.6 Å². The van der Waals surface area contributed by atoms with Crippen molar-refractivity contribution < 1.29 is 4.79 Å². The van der Waals surface area contributed by atoms with Gasteiger partial charge in [0.1, 0.15) is 0 Å². The molecule has 0 radical (unpaired) electrons. The molecule has 0 unspecified atom stereocenters. The number of carbonyl (C=O) groups excluding carboxylic acids is 1. The second-order valence-corrected chi connectivity index (χ2v) is 5.34. The molecule has 1 heterocycles. The molecule has 1 aliphatic heterocycles. The van der Waals surface area contributed by atoms with Gasteiger partial charge in [-0.3, -0.25) is 4.79 Å². The Balaban J connectivity index is 1.89. The molecule has 1 aromatic carbocycles. The molecule has 18 heavy (non-hydrogen) atoms. The molecule has 0 spiro atoms. The monoisotopic (exact) mass is 266 g/mol. The normalized spacial score (nSPS) is 23.7. The first-order valence-electron chi connectivity index (χ1n) is 6.38. The highest BCUT2D eigenvalue weighted by Crippen LogP contribution is 2.15. The van der Waals surface area contributed by atoms with Crippen LogP contribution in [0.5, 0.6) is 0 Å². The van der Waals surface area contributed by atoms with E-state index in [4.69, 9.17) is 11.6 Å². The number of rotatable bonds is 3. The minimum absolute atomic E-state index is 0.0622. The largest absolute Gasteiger partial charge is 0.354 e. The topological polar surface area (TPSA) is 41.1 Å². The van der Waals surface area contributed by atoms with Gasteiger partial charge in [0.05, 0.1) is 0 Å². The van der Waals surface area contributed by atoms with Crippen molar-refractivity contribution in [2.45, 2.75) is 38.3 Å². The van der Waals surface area contributed by atoms with Gasteiger partial charge in [-0.1, -0.05) is 23.7 Å². The van der Waals surface area contributed by atoms with Crippen LogP contribution in [0.15, 0.2) is 24.3 Å². The van der Waals surface area contributed by atoms with Crippen LogP contribution in [-0.4, -0.2) is 24.5 Å². The molecule has 0 bridgehead atoms. The van der Waals surface area contributed by atoms with E-state index in [1.807, 2.05) is 12.1 Å². The number of hydrogen-bond acceptors (Lipinski definition) is 2. The average molecular weight is 267 g/mol. The van der Waals surface area contributed by atoms with Crippen LogP contribution in [0.4, 0.5) is 0 Å². The van der Waals surface area contributed by atoms with Gasteiger partial charge >= 0.3 is 0 Å². The number of halogens is 1. The number of nitrogens with one attached hydrogen (secondary N) is 2. The van der Waals surface area contributed by atoms with Crippen LogP contribution in [-0.2, 0) is 11.2 Å². The van der Waals surface area contributed by atoms with Crippen LogP contribution in [0.1, 0.15) is 25.3 Å². The Morgan fingerprint density at radius 1 is 1.44 bits per heavy atom. The average Bonchev–Trinajstić information content (AvgIpc) is 2.32. The molecule has 0 saturated carbocycles. The molecule has 1 aromatic rings. The molecule has 4 heteroatoms. The van der Waals surface area contributed by atoms with Crippen molar-refractivity contribution in [3.05, 3.63) is 34.9 Å². The van der Waals surface area contributed by atoms with E-state index in [0.717, 1.165) is 30.8 Å². The number of piperidine rings is 1. The van der Waals surface area contributed by atoms with Crippen molar-refractivity contribution in [1.82, 2.24) is 10.6 Å². The molecule has 1 saturated heterocycles. The molecule has 98 valence electrons. The van der Waals surface area contributed by atoms with Crippen molar-refractivity contribution in [3.8, 4) is 0 Å². The molecule has 1 amide bonds. The zero-order chi connectivity index (χ0) is 13.0. The summed E-state index contributed by atoms with van der Waals surface area (Å²) < 4.78 is 0. The van der Waals surface area contributed by atoms with E-state index >= 15 is 0 Å². The summed E-state index contributed by atoms with van der Waals surface area (Å²) >= 11 is 5.87. The maximum absolute atomic E-state index is 11.1. The van der Waals surface area contributed by atoms with Gasteiger partial charge in [-0.15, -0.1) is 0 Å². The highest BCUT2D eigenvalue weighted by molar-refractivity contribution is 6.30. The molecule has 1 aliphatic rings. The van der Waals surface area contributed by atoms with Gasteiger partial charge in [0, 0.05) is 24.0 Å². The summed E-state index contributed by atoms with van der Waals surface area (Å²) in [6.45, 7) is 2.54. The summed E-state index contributed by atoms with van der Waals surface area (Å²) in [6, 6.07) is 8.70. The summed E-state index contributed by atoms with van der Waals surface area (Å²) in [4.78, 5) is 11.1. The number of carbonyl (C=O) groups is 1. The minimum Gasteiger partial charge on any atom is -0.354 e. The van der Waals surface area contributed by atoms with E-state index in [9.17, 15) is 4.79 Å². The van der Waals surface area contributed by atoms with E-state index < -0.39 is 0 Å². The number of hydrogen-bond donors (Lipinski definition) is 2. The van der Waals surface area contributed by atoms with Gasteiger partial charge in [-0.05, 0) is 43.5 Å². The summed E-state index contributed by atoms with van der Waals surface area (Å²) in [5, 5.41) is 7.28. The Kier molecular flexibility index (Phi) is 4.61. The lowest BCUT2D eigenvalue weighted by molar-refractivity contribution is -0.119. The van der Waals surface area contributed by atoms with Crippen LogP contribution >= 0.6 is 11.6 Å². The first kappa shape index (κ1) is 13.4. The van der Waals surface area contributed by atoms with Crippen LogP contribution in [0.3, 0.4) is 0 Å². The van der Waals surface area contributed by atoms with Crippen molar-refractivity contribution >= 4 is 17.5 Å². The Bertz CT molecular complexity index is 405. The Hall–Kier alpha value is -1.06.